The molecule has 2 N–H and O–H groups in total. The van der Waals surface area contributed by atoms with Gasteiger partial charge in [-0.3, -0.25) is 4.79 Å². The smallest absolute Gasteiger partial charge is 0.306 e. The molecule has 0 radical (unpaired) electrons. The van der Waals surface area contributed by atoms with Gasteiger partial charge in [-0.1, -0.05) is 26.0 Å². The minimum atomic E-state index is -0.992. The Morgan fingerprint density at radius 1 is 1.31 bits per heavy atom. The first kappa shape index (κ1) is 13.1. The zero-order chi connectivity index (χ0) is 12.1. The first-order chi connectivity index (χ1) is 7.49. The standard InChI is InChI=1S/C12H16O3S/c1-8(2)16-10-5-3-9(4-6-10)11(13)7-12(14)15/h3-6,8,11,13H,7H2,1-2H3,(H,14,15). The van der Waals surface area contributed by atoms with Gasteiger partial charge in [0.05, 0.1) is 12.5 Å². The minimum absolute atomic E-state index is 0.253. The molecule has 3 nitrogen and oxygen atoms in total. The van der Waals surface area contributed by atoms with E-state index < -0.39 is 12.1 Å². The van der Waals surface area contributed by atoms with Crippen LogP contribution in [0.5, 0.6) is 0 Å². The number of hydrogen-bond acceptors (Lipinski definition) is 3. The fourth-order valence-corrected chi connectivity index (χ4v) is 2.16. The number of hydrogen-bond donors (Lipinski definition) is 2. The van der Waals surface area contributed by atoms with E-state index in [4.69, 9.17) is 5.11 Å². The summed E-state index contributed by atoms with van der Waals surface area (Å²) in [5.41, 5.74) is 0.649. The van der Waals surface area contributed by atoms with Crippen LogP contribution in [0.2, 0.25) is 0 Å². The maximum atomic E-state index is 10.4. The van der Waals surface area contributed by atoms with Crippen LogP contribution in [-0.4, -0.2) is 21.4 Å². The van der Waals surface area contributed by atoms with Crippen LogP contribution in [0.4, 0.5) is 0 Å². The lowest BCUT2D eigenvalue weighted by Crippen LogP contribution is -2.05. The van der Waals surface area contributed by atoms with Crippen molar-refractivity contribution in [3.8, 4) is 0 Å². The maximum Gasteiger partial charge on any atom is 0.306 e. The van der Waals surface area contributed by atoms with Crippen LogP contribution in [-0.2, 0) is 4.79 Å². The van der Waals surface area contributed by atoms with E-state index in [0.29, 0.717) is 10.8 Å². The number of aliphatic hydroxyl groups is 1. The lowest BCUT2D eigenvalue weighted by atomic mass is 10.1. The molecule has 0 bridgehead atoms. The number of thioether (sulfide) groups is 1. The Balaban J connectivity index is 2.66. The van der Waals surface area contributed by atoms with Crippen LogP contribution in [0.15, 0.2) is 29.2 Å². The van der Waals surface area contributed by atoms with E-state index in [2.05, 4.69) is 13.8 Å². The zero-order valence-corrected chi connectivity index (χ0v) is 10.2. The fraction of sp³-hybridized carbons (Fsp3) is 0.417. The van der Waals surface area contributed by atoms with Crippen molar-refractivity contribution in [1.82, 2.24) is 0 Å². The van der Waals surface area contributed by atoms with E-state index >= 15 is 0 Å². The van der Waals surface area contributed by atoms with Crippen molar-refractivity contribution in [3.05, 3.63) is 29.8 Å². The molecule has 0 amide bonds. The highest BCUT2D eigenvalue weighted by Gasteiger charge is 2.11. The first-order valence-corrected chi connectivity index (χ1v) is 6.03. The molecule has 1 aromatic carbocycles. The molecule has 0 heterocycles. The van der Waals surface area contributed by atoms with Crippen molar-refractivity contribution in [3.63, 3.8) is 0 Å². The van der Waals surface area contributed by atoms with Crippen molar-refractivity contribution in [2.24, 2.45) is 0 Å². The van der Waals surface area contributed by atoms with Gasteiger partial charge in [0.15, 0.2) is 0 Å². The van der Waals surface area contributed by atoms with E-state index in [1.165, 1.54) is 0 Å². The molecule has 88 valence electrons. The maximum absolute atomic E-state index is 10.4. The van der Waals surface area contributed by atoms with Crippen molar-refractivity contribution >= 4 is 17.7 Å². The number of carbonyl (C=O) groups is 1. The quantitative estimate of drug-likeness (QED) is 0.777. The third-order valence-electron chi connectivity index (χ3n) is 2.00. The van der Waals surface area contributed by atoms with Gasteiger partial charge < -0.3 is 10.2 Å². The predicted octanol–water partition coefficient (Wildman–Crippen LogP) is 2.70. The Hall–Kier alpha value is -1.00. The summed E-state index contributed by atoms with van der Waals surface area (Å²) in [4.78, 5) is 11.6. The highest BCUT2D eigenvalue weighted by molar-refractivity contribution is 7.99. The number of carboxylic acid groups (broad SMARTS) is 1. The third kappa shape index (κ3) is 4.24. The average Bonchev–Trinajstić information content (AvgIpc) is 2.16. The lowest BCUT2D eigenvalue weighted by molar-refractivity contribution is -0.139. The molecule has 0 aliphatic carbocycles. The second-order valence-corrected chi connectivity index (χ2v) is 5.50. The van der Waals surface area contributed by atoms with Crippen LogP contribution in [0, 0.1) is 0 Å². The molecule has 1 atom stereocenters. The van der Waals surface area contributed by atoms with Gasteiger partial charge in [0.25, 0.3) is 0 Å². The van der Waals surface area contributed by atoms with Crippen LogP contribution < -0.4 is 0 Å². The largest absolute Gasteiger partial charge is 0.481 e. The Labute approximate surface area is 99.5 Å². The molecule has 0 aliphatic rings. The Kier molecular flexibility index (Phi) is 4.83. The summed E-state index contributed by atoms with van der Waals surface area (Å²) in [7, 11) is 0. The number of aliphatic hydroxyl groups excluding tert-OH is 1. The SMILES string of the molecule is CC(C)Sc1ccc(C(O)CC(=O)O)cc1. The van der Waals surface area contributed by atoms with Crippen LogP contribution in [0.25, 0.3) is 0 Å². The summed E-state index contributed by atoms with van der Waals surface area (Å²) in [5, 5.41) is 18.6. The van der Waals surface area contributed by atoms with Gasteiger partial charge in [-0.25, -0.2) is 0 Å². The van der Waals surface area contributed by atoms with Crippen molar-refractivity contribution in [1.29, 1.82) is 0 Å². The van der Waals surface area contributed by atoms with Gasteiger partial charge in [0, 0.05) is 10.1 Å². The normalized spacial score (nSPS) is 12.8. The van der Waals surface area contributed by atoms with Crippen LogP contribution in [0.1, 0.15) is 31.9 Å². The highest BCUT2D eigenvalue weighted by Crippen LogP contribution is 2.25. The molecule has 16 heavy (non-hydrogen) atoms. The number of rotatable bonds is 5. The second kappa shape index (κ2) is 5.92. The lowest BCUT2D eigenvalue weighted by Gasteiger charge is -2.10. The van der Waals surface area contributed by atoms with Crippen LogP contribution in [0.3, 0.4) is 0 Å². The predicted molar refractivity (Wildman–Crippen MR) is 64.6 cm³/mol. The second-order valence-electron chi connectivity index (χ2n) is 3.85. The molecule has 0 aliphatic heterocycles. The number of benzene rings is 1. The minimum Gasteiger partial charge on any atom is -0.481 e. The number of carboxylic acids is 1. The Bertz CT molecular complexity index is 346. The van der Waals surface area contributed by atoms with E-state index in [1.807, 2.05) is 12.1 Å². The van der Waals surface area contributed by atoms with Gasteiger partial charge in [0.1, 0.15) is 0 Å². The van der Waals surface area contributed by atoms with Gasteiger partial charge in [0.2, 0.25) is 0 Å². The molecule has 0 aromatic heterocycles. The molecule has 0 saturated carbocycles. The zero-order valence-electron chi connectivity index (χ0n) is 9.38. The monoisotopic (exact) mass is 240 g/mol. The summed E-state index contributed by atoms with van der Waals surface area (Å²) in [6, 6.07) is 7.37. The summed E-state index contributed by atoms with van der Waals surface area (Å²) < 4.78 is 0. The van der Waals surface area contributed by atoms with E-state index in [9.17, 15) is 9.90 Å². The molecular formula is C12H16O3S. The molecule has 1 rings (SSSR count). The summed E-state index contributed by atoms with van der Waals surface area (Å²) in [6.07, 6.45) is -1.17. The summed E-state index contributed by atoms with van der Waals surface area (Å²) in [5.74, 6) is -0.992. The summed E-state index contributed by atoms with van der Waals surface area (Å²) in [6.45, 7) is 4.22. The van der Waals surface area contributed by atoms with Crippen molar-refractivity contribution in [2.45, 2.75) is 36.5 Å². The Morgan fingerprint density at radius 2 is 1.88 bits per heavy atom. The van der Waals surface area contributed by atoms with Gasteiger partial charge in [-0.05, 0) is 17.7 Å². The fourth-order valence-electron chi connectivity index (χ4n) is 1.32. The van der Waals surface area contributed by atoms with Crippen LogP contribution >= 0.6 is 11.8 Å². The molecule has 0 saturated heterocycles. The van der Waals surface area contributed by atoms with Gasteiger partial charge >= 0.3 is 5.97 Å². The molecule has 4 heteroatoms. The van der Waals surface area contributed by atoms with Crippen molar-refractivity contribution < 1.29 is 15.0 Å². The molecule has 0 fully saturated rings. The molecule has 0 spiro atoms. The Morgan fingerprint density at radius 3 is 2.31 bits per heavy atom. The average molecular weight is 240 g/mol. The summed E-state index contributed by atoms with van der Waals surface area (Å²) >= 11 is 1.73. The topological polar surface area (TPSA) is 57.5 Å². The molecule has 1 aromatic rings. The molecular weight excluding hydrogens is 224 g/mol. The first-order valence-electron chi connectivity index (χ1n) is 5.15. The van der Waals surface area contributed by atoms with E-state index in [-0.39, 0.29) is 6.42 Å². The van der Waals surface area contributed by atoms with E-state index in [1.54, 1.807) is 23.9 Å². The van der Waals surface area contributed by atoms with Gasteiger partial charge in [-0.2, -0.15) is 0 Å². The van der Waals surface area contributed by atoms with Crippen molar-refractivity contribution in [2.75, 3.05) is 0 Å². The molecule has 1 unspecified atom stereocenters. The highest BCUT2D eigenvalue weighted by atomic mass is 32.2. The van der Waals surface area contributed by atoms with E-state index in [0.717, 1.165) is 4.90 Å². The van der Waals surface area contributed by atoms with Gasteiger partial charge in [-0.15, -0.1) is 11.8 Å². The third-order valence-corrected chi connectivity index (χ3v) is 3.02. The number of aliphatic carboxylic acids is 1.